The fourth-order valence-electron chi connectivity index (χ4n) is 14.3. The van der Waals surface area contributed by atoms with E-state index in [0.29, 0.717) is 74.5 Å². The number of aromatic nitrogens is 2. The molecule has 1 saturated heterocycles. The van der Waals surface area contributed by atoms with Gasteiger partial charge in [-0.25, -0.2) is 14.8 Å². The number of benzene rings is 4. The van der Waals surface area contributed by atoms with Crippen LogP contribution in [-0.4, -0.2) is 103 Å². The predicted molar refractivity (Wildman–Crippen MR) is 462 cm³/mol. The van der Waals surface area contributed by atoms with E-state index in [0.717, 1.165) is 134 Å². The van der Waals surface area contributed by atoms with E-state index in [9.17, 15) is 57.5 Å². The second-order valence-electron chi connectivity index (χ2n) is 32.2. The number of carboxylic acids is 1. The molecule has 4 aromatic carbocycles. The van der Waals surface area contributed by atoms with E-state index < -0.39 is 47.7 Å². The number of rotatable bonds is 55. The fraction of sp³-hybridized carbons (Fsp3) is 0.553. The normalized spacial score (nSPS) is 12.9. The van der Waals surface area contributed by atoms with Crippen molar-refractivity contribution in [1.29, 1.82) is 0 Å². The highest BCUT2D eigenvalue weighted by Gasteiger charge is 2.34. The van der Waals surface area contributed by atoms with Gasteiger partial charge in [0.05, 0.1) is 23.1 Å². The number of halogens is 1. The molecule has 4 atom stereocenters. The number of carbonyl (C=O) groups excluding carboxylic acids is 11. The molecule has 644 valence electrons. The highest BCUT2D eigenvalue weighted by atomic mass is 35.5. The Balaban J connectivity index is 0.000000420. The first kappa shape index (κ1) is 98.8. The third kappa shape index (κ3) is 35.8. The minimum Gasteiger partial charge on any atom is -0.481 e. The number of aliphatic carboxylic acids is 1. The number of carbonyl (C=O) groups is 12. The lowest BCUT2D eigenvalue weighted by atomic mass is 9.88. The highest BCUT2D eigenvalue weighted by Crippen LogP contribution is 2.29. The number of nitrogens with two attached hydrogens (primary N) is 2. The van der Waals surface area contributed by atoms with E-state index in [1.165, 1.54) is 47.6 Å². The zero-order chi connectivity index (χ0) is 85.2. The van der Waals surface area contributed by atoms with Crippen LogP contribution in [0.3, 0.4) is 0 Å². The smallest absolute Gasteiger partial charge is 0.333 e. The Morgan fingerprint density at radius 2 is 0.771 bits per heavy atom. The van der Waals surface area contributed by atoms with Gasteiger partial charge in [-0.1, -0.05) is 179 Å². The van der Waals surface area contributed by atoms with Gasteiger partial charge in [0.15, 0.2) is 11.6 Å². The van der Waals surface area contributed by atoms with Crippen LogP contribution in [0, 0.1) is 23.7 Å². The second-order valence-corrected chi connectivity index (χ2v) is 32.2. The third-order valence-corrected chi connectivity index (χ3v) is 21.7. The lowest BCUT2D eigenvalue weighted by Gasteiger charge is -2.22. The van der Waals surface area contributed by atoms with Gasteiger partial charge >= 0.3 is 23.9 Å². The maximum atomic E-state index is 13.2. The van der Waals surface area contributed by atoms with Crippen molar-refractivity contribution in [3.63, 3.8) is 0 Å². The summed E-state index contributed by atoms with van der Waals surface area (Å²) in [6, 6.07) is 30.1. The van der Waals surface area contributed by atoms with Crippen LogP contribution in [0.4, 0.5) is 11.6 Å². The molecule has 6 aromatic rings. The number of pyridine rings is 2. The molecule has 1 aliphatic heterocycles. The first-order valence-electron chi connectivity index (χ1n) is 42.9. The lowest BCUT2D eigenvalue weighted by Crippen LogP contribution is -2.44. The first-order chi connectivity index (χ1) is 56.1. The number of unbranched alkanes of at least 4 members (excludes halogenated alkanes) is 14. The fourth-order valence-corrected chi connectivity index (χ4v) is 14.3. The molecule has 1 fully saturated rings. The number of nitrogen functional groups attached to an aromatic ring is 2. The number of aryl methyl sites for hydroxylation is 4. The summed E-state index contributed by atoms with van der Waals surface area (Å²) in [4.78, 5) is 163. The standard InChI is InChI=1S/C49H66N4O9.C45H63N3O7.ClH/c1-5-6-10-17-38-30-41-37(18-15-20-42(41)52-48(38)50)16-11-7-8-13-21-46(58)61-32-36-25-23-35(24-26-36)29-43(55)34(4)51-49(60)40(33(2)3)31-39(54)19-12-9-14-22-47(59)62-53-44(56)27-28-45(53)57;1-5-6-10-17-36-28-39-35(18-15-20-40(39)48-44(36)46)16-11-7-8-14-22-43(53)55-30-34-25-23-33(24-26-34)27-41(50)32(4)47-45(54)38(31(2)3)29-37(49)19-12-9-13-21-42(51)52;/h15,18,20,23-26,30,33-34,40H,5-14,16-17,19,21-22,27-29,31-32H2,1-4H3,(H2,50,52)(H,51,60);15,18,20,23-26,28,31-32,38H,5-14,16-17,19,21-22,27,29-30H2,1-4H3,(H2,46,48)(H,47,54)(H,51,52);1H/t34-,40-;32-,38-;/m00./s1. The molecule has 0 unspecified atom stereocenters. The zero-order valence-electron chi connectivity index (χ0n) is 71.0. The average molecular weight is 1650 g/mol. The van der Waals surface area contributed by atoms with Crippen LogP contribution in [0.5, 0.6) is 0 Å². The quantitative estimate of drug-likeness (QED) is 0.0134. The molecule has 0 saturated carbocycles. The number of nitrogens with one attached hydrogen (secondary N) is 2. The van der Waals surface area contributed by atoms with Crippen LogP contribution >= 0.6 is 12.4 Å². The van der Waals surface area contributed by atoms with E-state index in [1.54, 1.807) is 13.8 Å². The highest BCUT2D eigenvalue weighted by molar-refractivity contribution is 6.01. The summed E-state index contributed by atoms with van der Waals surface area (Å²) >= 11 is 0. The van der Waals surface area contributed by atoms with E-state index in [2.05, 4.69) is 58.7 Å². The van der Waals surface area contributed by atoms with Crippen LogP contribution in [0.2, 0.25) is 0 Å². The van der Waals surface area contributed by atoms with Crippen molar-refractivity contribution in [2.75, 3.05) is 11.5 Å². The second kappa shape index (κ2) is 53.6. The summed E-state index contributed by atoms with van der Waals surface area (Å²) in [5, 5.41) is 17.2. The molecule has 0 radical (unpaired) electrons. The van der Waals surface area contributed by atoms with Crippen LogP contribution in [-0.2, 0) is 124 Å². The number of ketones is 4. The first-order valence-corrected chi connectivity index (χ1v) is 42.9. The van der Waals surface area contributed by atoms with Gasteiger partial charge in [-0.15, -0.1) is 17.5 Å². The maximum absolute atomic E-state index is 13.2. The van der Waals surface area contributed by atoms with E-state index in [4.69, 9.17) is 30.9 Å². The molecule has 1 aliphatic rings. The molecule has 118 heavy (non-hydrogen) atoms. The summed E-state index contributed by atoms with van der Waals surface area (Å²) in [6.07, 6.45) is 23.3. The van der Waals surface area contributed by atoms with Gasteiger partial charge in [0.25, 0.3) is 11.8 Å². The number of Topliss-reactive ketones (excluding diaryl/α,β-unsaturated/α-hetero) is 4. The van der Waals surface area contributed by atoms with Crippen molar-refractivity contribution >= 4 is 116 Å². The maximum Gasteiger partial charge on any atom is 0.333 e. The van der Waals surface area contributed by atoms with Gasteiger partial charge in [-0.2, -0.15) is 0 Å². The largest absolute Gasteiger partial charge is 0.481 e. The average Bonchev–Trinajstić information content (AvgIpc) is 0.914. The van der Waals surface area contributed by atoms with Gasteiger partial charge < -0.3 is 41.5 Å². The van der Waals surface area contributed by atoms with Crippen molar-refractivity contribution in [1.82, 2.24) is 25.7 Å². The Labute approximate surface area is 703 Å². The number of fused-ring (bicyclic) bond motifs is 2. The summed E-state index contributed by atoms with van der Waals surface area (Å²) in [5.41, 5.74) is 22.4. The Hall–Kier alpha value is -9.77. The van der Waals surface area contributed by atoms with Crippen LogP contribution in [0.1, 0.15) is 293 Å². The summed E-state index contributed by atoms with van der Waals surface area (Å²) < 4.78 is 11.0. The minimum atomic E-state index is -0.847. The van der Waals surface area contributed by atoms with Crippen molar-refractivity contribution in [2.45, 2.75) is 312 Å². The molecule has 3 heterocycles. The van der Waals surface area contributed by atoms with Gasteiger partial charge in [0, 0.05) is 99.7 Å². The Morgan fingerprint density at radius 3 is 1.15 bits per heavy atom. The number of imide groups is 1. The topological polar surface area (TPSA) is 358 Å². The van der Waals surface area contributed by atoms with Gasteiger partial charge in [0.1, 0.15) is 36.4 Å². The number of esters is 2. The van der Waals surface area contributed by atoms with Crippen molar-refractivity contribution in [3.05, 3.63) is 142 Å². The van der Waals surface area contributed by atoms with Crippen molar-refractivity contribution < 1.29 is 77.0 Å². The zero-order valence-corrected chi connectivity index (χ0v) is 71.9. The number of hydrogen-bond donors (Lipinski definition) is 5. The number of ether oxygens (including phenoxy) is 2. The number of nitrogens with zero attached hydrogens (tertiary/aromatic N) is 3. The van der Waals surface area contributed by atoms with E-state index in [1.807, 2.05) is 100 Å². The SMILES string of the molecule is CCCCCc1cc2c(CCCCCCC(=O)OCc3ccc(CC(=O)[C@H](C)NC(=O)[C@@H](CC(=O)CCCCCC(=O)O)C(C)C)cc3)cccc2nc1N.CCCCCc1cc2c(CCCCCCC(=O)OCc3ccc(CC(=O)[C@H](C)NC(=O)[C@@H](CC(=O)CCCCCC(=O)ON4C(=O)CCC4=O)C(C)C)cc3)cccc2nc1N.Cl. The number of amides is 4. The summed E-state index contributed by atoms with van der Waals surface area (Å²) in [6.45, 7) is 15.5. The molecule has 24 heteroatoms. The van der Waals surface area contributed by atoms with Gasteiger partial charge in [-0.3, -0.25) is 52.7 Å². The Morgan fingerprint density at radius 1 is 0.432 bits per heavy atom. The van der Waals surface area contributed by atoms with Crippen molar-refractivity contribution in [2.24, 2.45) is 23.7 Å². The molecular formula is C94H130ClN7O16. The van der Waals surface area contributed by atoms with E-state index in [-0.39, 0.29) is 142 Å². The third-order valence-electron chi connectivity index (χ3n) is 21.7. The van der Waals surface area contributed by atoms with Crippen LogP contribution in [0.25, 0.3) is 21.8 Å². The summed E-state index contributed by atoms with van der Waals surface area (Å²) in [7, 11) is 0. The molecule has 0 bridgehead atoms. The lowest BCUT2D eigenvalue weighted by molar-refractivity contribution is -0.197. The van der Waals surface area contributed by atoms with Crippen LogP contribution < -0.4 is 22.1 Å². The molecule has 4 amide bonds. The molecule has 0 spiro atoms. The Bertz CT molecular complexity index is 4240. The van der Waals surface area contributed by atoms with Gasteiger partial charge in [-0.05, 0) is 184 Å². The molecule has 7 N–H and O–H groups in total. The molecule has 2 aromatic heterocycles. The molecular weight excluding hydrogens is 1520 g/mol. The van der Waals surface area contributed by atoms with E-state index >= 15 is 0 Å². The molecule has 0 aliphatic carbocycles. The van der Waals surface area contributed by atoms with Crippen molar-refractivity contribution in [3.8, 4) is 0 Å². The number of hydroxylamine groups is 2. The monoisotopic (exact) mass is 1650 g/mol. The summed E-state index contributed by atoms with van der Waals surface area (Å²) in [5.74, 6) is -4.24. The number of anilines is 2. The van der Waals surface area contributed by atoms with Gasteiger partial charge in [0.2, 0.25) is 11.8 Å². The minimum absolute atomic E-state index is 0. The predicted octanol–water partition coefficient (Wildman–Crippen LogP) is 17.3. The molecule has 7 rings (SSSR count). The molecule has 23 nitrogen and oxygen atoms in total. The Kier molecular flexibility index (Phi) is 44.9. The number of hydrogen-bond acceptors (Lipinski definition) is 19. The van der Waals surface area contributed by atoms with Crippen LogP contribution in [0.15, 0.2) is 97.1 Å². The number of carboxylic acid groups (broad SMARTS) is 1.